The van der Waals surface area contributed by atoms with E-state index in [2.05, 4.69) is 15.4 Å². The number of hydrogen-bond acceptors (Lipinski definition) is 5. The first kappa shape index (κ1) is 19.1. The van der Waals surface area contributed by atoms with E-state index in [1.54, 1.807) is 10.9 Å². The summed E-state index contributed by atoms with van der Waals surface area (Å²) in [4.78, 5) is 20.4. The third kappa shape index (κ3) is 4.06. The SMILES string of the molecule is Cc1ccc(N=c2scc(-c3ccc4c(c3)NC(=O)CO4)n2N=Cc2ccc[nH]2)cc1. The van der Waals surface area contributed by atoms with E-state index in [0.717, 1.165) is 27.4 Å². The fourth-order valence-electron chi connectivity index (χ4n) is 3.20. The van der Waals surface area contributed by atoms with E-state index >= 15 is 0 Å². The van der Waals surface area contributed by atoms with E-state index in [0.29, 0.717) is 11.4 Å². The highest BCUT2D eigenvalue weighted by atomic mass is 32.1. The van der Waals surface area contributed by atoms with Gasteiger partial charge in [0.05, 0.1) is 29.0 Å². The second-order valence-electron chi connectivity index (χ2n) is 7.08. The first-order valence-corrected chi connectivity index (χ1v) is 10.6. The molecule has 154 valence electrons. The smallest absolute Gasteiger partial charge is 0.262 e. The number of H-pyrrole nitrogens is 1. The molecule has 7 nitrogen and oxygen atoms in total. The van der Waals surface area contributed by atoms with Crippen molar-refractivity contribution in [2.75, 3.05) is 11.9 Å². The average Bonchev–Trinajstić information content (AvgIpc) is 3.43. The van der Waals surface area contributed by atoms with Gasteiger partial charge in [0.15, 0.2) is 6.61 Å². The second kappa shape index (κ2) is 8.08. The number of aromatic nitrogens is 2. The summed E-state index contributed by atoms with van der Waals surface area (Å²) in [6.45, 7) is 2.08. The number of benzene rings is 2. The molecule has 5 rings (SSSR count). The van der Waals surface area contributed by atoms with Crippen molar-refractivity contribution in [1.82, 2.24) is 9.66 Å². The first-order chi connectivity index (χ1) is 15.2. The van der Waals surface area contributed by atoms with Gasteiger partial charge in [-0.25, -0.2) is 9.67 Å². The number of nitrogens with one attached hydrogen (secondary N) is 2. The van der Waals surface area contributed by atoms with Crippen molar-refractivity contribution in [2.45, 2.75) is 6.92 Å². The van der Waals surface area contributed by atoms with Gasteiger partial charge in [-0.1, -0.05) is 17.7 Å². The Bertz CT molecular complexity index is 1330. The lowest BCUT2D eigenvalue weighted by Gasteiger charge is -2.18. The molecule has 3 heterocycles. The summed E-state index contributed by atoms with van der Waals surface area (Å²) in [6.07, 6.45) is 3.61. The van der Waals surface area contributed by atoms with Crippen LogP contribution in [0, 0.1) is 6.92 Å². The van der Waals surface area contributed by atoms with Crippen molar-refractivity contribution in [3.05, 3.63) is 82.2 Å². The maximum atomic E-state index is 11.7. The monoisotopic (exact) mass is 429 g/mol. The molecule has 1 amide bonds. The lowest BCUT2D eigenvalue weighted by atomic mass is 10.1. The molecule has 8 heteroatoms. The Balaban J connectivity index is 1.62. The van der Waals surface area contributed by atoms with Crippen LogP contribution < -0.4 is 14.9 Å². The van der Waals surface area contributed by atoms with E-state index in [1.165, 1.54) is 16.9 Å². The molecule has 0 fully saturated rings. The lowest BCUT2D eigenvalue weighted by molar-refractivity contribution is -0.118. The highest BCUT2D eigenvalue weighted by molar-refractivity contribution is 7.07. The Labute approximate surface area is 182 Å². The van der Waals surface area contributed by atoms with Gasteiger partial charge in [-0.3, -0.25) is 4.79 Å². The Morgan fingerprint density at radius 2 is 2.03 bits per heavy atom. The fraction of sp³-hybridized carbons (Fsp3) is 0.0870. The minimum Gasteiger partial charge on any atom is -0.482 e. The van der Waals surface area contributed by atoms with E-state index in [1.807, 2.05) is 73.1 Å². The molecule has 0 unspecified atom stereocenters. The number of carbonyl (C=O) groups is 1. The number of thiazole rings is 1. The van der Waals surface area contributed by atoms with Gasteiger partial charge >= 0.3 is 0 Å². The van der Waals surface area contributed by atoms with Crippen LogP contribution in [0.5, 0.6) is 5.75 Å². The molecular weight excluding hydrogens is 410 g/mol. The van der Waals surface area contributed by atoms with Crippen LogP contribution in [-0.2, 0) is 4.79 Å². The summed E-state index contributed by atoms with van der Waals surface area (Å²) >= 11 is 1.50. The molecule has 0 aliphatic carbocycles. The third-order valence-corrected chi connectivity index (χ3v) is 5.60. The van der Waals surface area contributed by atoms with Crippen LogP contribution in [0.1, 0.15) is 11.3 Å². The zero-order valence-corrected chi connectivity index (χ0v) is 17.5. The van der Waals surface area contributed by atoms with Crippen molar-refractivity contribution in [1.29, 1.82) is 0 Å². The molecule has 0 saturated heterocycles. The normalized spacial score (nSPS) is 13.8. The largest absolute Gasteiger partial charge is 0.482 e. The average molecular weight is 430 g/mol. The van der Waals surface area contributed by atoms with Gasteiger partial charge in [0.1, 0.15) is 5.75 Å². The molecule has 0 saturated carbocycles. The van der Waals surface area contributed by atoms with Crippen LogP contribution in [0.25, 0.3) is 11.3 Å². The van der Waals surface area contributed by atoms with Crippen LogP contribution in [0.15, 0.2) is 76.3 Å². The highest BCUT2D eigenvalue weighted by Crippen LogP contribution is 2.33. The van der Waals surface area contributed by atoms with Gasteiger partial charge in [-0.2, -0.15) is 5.10 Å². The summed E-state index contributed by atoms with van der Waals surface area (Å²) in [5, 5.41) is 9.55. The van der Waals surface area contributed by atoms with E-state index < -0.39 is 0 Å². The molecule has 2 aromatic carbocycles. The van der Waals surface area contributed by atoms with Crippen LogP contribution in [0.2, 0.25) is 0 Å². The van der Waals surface area contributed by atoms with Crippen LogP contribution in [-0.4, -0.2) is 28.4 Å². The van der Waals surface area contributed by atoms with E-state index in [-0.39, 0.29) is 12.5 Å². The second-order valence-corrected chi connectivity index (χ2v) is 7.92. The maximum Gasteiger partial charge on any atom is 0.262 e. The first-order valence-electron chi connectivity index (χ1n) is 9.72. The Hall–Kier alpha value is -3.91. The number of carbonyl (C=O) groups excluding carboxylic acids is 1. The topological polar surface area (TPSA) is 83.8 Å². The van der Waals surface area contributed by atoms with E-state index in [9.17, 15) is 4.79 Å². The molecule has 1 aliphatic rings. The molecule has 2 N–H and O–H groups in total. The Morgan fingerprint density at radius 1 is 1.16 bits per heavy atom. The van der Waals surface area contributed by atoms with Gasteiger partial charge in [0, 0.05) is 17.1 Å². The zero-order valence-electron chi connectivity index (χ0n) is 16.7. The summed E-state index contributed by atoms with van der Waals surface area (Å²) in [6, 6.07) is 17.6. The molecule has 0 spiro atoms. The quantitative estimate of drug-likeness (QED) is 0.474. The highest BCUT2D eigenvalue weighted by Gasteiger charge is 2.17. The maximum absolute atomic E-state index is 11.7. The van der Waals surface area contributed by atoms with Crippen LogP contribution in [0.4, 0.5) is 11.4 Å². The zero-order chi connectivity index (χ0) is 21.2. The molecule has 0 radical (unpaired) electrons. The number of hydrogen-bond donors (Lipinski definition) is 2. The number of ether oxygens (including phenoxy) is 1. The van der Waals surface area contributed by atoms with Crippen molar-refractivity contribution < 1.29 is 9.53 Å². The van der Waals surface area contributed by atoms with Crippen molar-refractivity contribution in [3.8, 4) is 17.0 Å². The van der Waals surface area contributed by atoms with Gasteiger partial charge in [-0.15, -0.1) is 11.3 Å². The lowest BCUT2D eigenvalue weighted by Crippen LogP contribution is -2.25. The number of anilines is 1. The number of nitrogens with zero attached hydrogens (tertiary/aromatic N) is 3. The summed E-state index contributed by atoms with van der Waals surface area (Å²) in [5.74, 6) is 0.493. The predicted molar refractivity (Wildman–Crippen MR) is 122 cm³/mol. The minimum absolute atomic E-state index is 0.0326. The number of amides is 1. The van der Waals surface area contributed by atoms with Gasteiger partial charge in [0.25, 0.3) is 5.91 Å². The van der Waals surface area contributed by atoms with Crippen LogP contribution in [0.3, 0.4) is 0 Å². The number of fused-ring (bicyclic) bond motifs is 1. The van der Waals surface area contributed by atoms with Crippen molar-refractivity contribution >= 4 is 34.8 Å². The van der Waals surface area contributed by atoms with Crippen molar-refractivity contribution in [3.63, 3.8) is 0 Å². The molecule has 0 atom stereocenters. The van der Waals surface area contributed by atoms with Crippen molar-refractivity contribution in [2.24, 2.45) is 10.1 Å². The predicted octanol–water partition coefficient (Wildman–Crippen LogP) is 4.30. The molecule has 31 heavy (non-hydrogen) atoms. The molecular formula is C23H19N5O2S. The standard InChI is InChI=1S/C23H19N5O2S/c1-15-4-7-17(8-5-15)26-23-28(25-12-18-3-2-10-24-18)20(14-31-23)16-6-9-21-19(11-16)27-22(29)13-30-21/h2-12,14,24H,13H2,1H3,(H,27,29). The van der Waals surface area contributed by atoms with Gasteiger partial charge in [-0.05, 0) is 49.4 Å². The summed E-state index contributed by atoms with van der Waals surface area (Å²) in [7, 11) is 0. The molecule has 1 aliphatic heterocycles. The third-order valence-electron chi connectivity index (χ3n) is 4.79. The minimum atomic E-state index is -0.164. The fourth-order valence-corrected chi connectivity index (χ4v) is 4.06. The number of rotatable bonds is 4. The number of aryl methyl sites for hydroxylation is 1. The number of aromatic amines is 1. The van der Waals surface area contributed by atoms with E-state index in [4.69, 9.17) is 9.73 Å². The Morgan fingerprint density at radius 3 is 2.84 bits per heavy atom. The molecule has 2 aromatic heterocycles. The summed E-state index contributed by atoms with van der Waals surface area (Å²) < 4.78 is 7.28. The summed E-state index contributed by atoms with van der Waals surface area (Å²) in [5.41, 5.74) is 5.33. The van der Waals surface area contributed by atoms with Gasteiger partial charge in [0.2, 0.25) is 4.80 Å². The molecule has 0 bridgehead atoms. The molecule has 4 aromatic rings. The van der Waals surface area contributed by atoms with Crippen LogP contribution >= 0.6 is 11.3 Å². The van der Waals surface area contributed by atoms with Gasteiger partial charge < -0.3 is 15.0 Å². The Kier molecular flexibility index (Phi) is 4.97.